The van der Waals surface area contributed by atoms with E-state index in [9.17, 15) is 24.2 Å². The standard InChI is InChI=1S/C23H23ClN6O9P2/c24-23-28-20(26-11-5-6-15-13(7-11)12-3-1-2-4-14(12)27-15)17-21(29-23)30(9-25-17)22-19(32)18(31)16(39-22)8-38-41(36,37)10-40(33,34)35/h1-7,9,16,18-19,22,27,31-32H,8,10H2,(H,36,37)(H,26,28,29)(H2,33,34,35)/t16-,18?,19?,22-/m1/s1. The number of ether oxygens (including phenoxy) is 1. The number of fused-ring (bicyclic) bond motifs is 4. The van der Waals surface area contributed by atoms with E-state index in [1.165, 1.54) is 10.9 Å². The Morgan fingerprint density at radius 3 is 2.59 bits per heavy atom. The second-order valence-electron chi connectivity index (χ2n) is 9.51. The third-order valence-electron chi connectivity index (χ3n) is 6.58. The van der Waals surface area contributed by atoms with E-state index in [0.29, 0.717) is 5.69 Å². The van der Waals surface area contributed by atoms with Crippen LogP contribution in [-0.4, -0.2) is 80.2 Å². The first kappa shape index (κ1) is 28.2. The third kappa shape index (κ3) is 5.62. The highest BCUT2D eigenvalue weighted by molar-refractivity contribution is 7.70. The van der Waals surface area contributed by atoms with Crippen LogP contribution in [0.25, 0.3) is 33.0 Å². The molecule has 0 bridgehead atoms. The lowest BCUT2D eigenvalue weighted by molar-refractivity contribution is -0.0483. The molecule has 6 rings (SSSR count). The molecule has 41 heavy (non-hydrogen) atoms. The van der Waals surface area contributed by atoms with Crippen LogP contribution in [0.15, 0.2) is 48.8 Å². The first-order valence-electron chi connectivity index (χ1n) is 12.1. The summed E-state index contributed by atoms with van der Waals surface area (Å²) in [5, 5.41) is 26.3. The molecule has 1 fully saturated rings. The van der Waals surface area contributed by atoms with E-state index in [1.807, 2.05) is 42.5 Å². The van der Waals surface area contributed by atoms with Crippen molar-refractivity contribution in [2.45, 2.75) is 24.5 Å². The van der Waals surface area contributed by atoms with Gasteiger partial charge in [-0.1, -0.05) is 18.2 Å². The van der Waals surface area contributed by atoms with Crippen LogP contribution in [-0.2, 0) is 18.4 Å². The summed E-state index contributed by atoms with van der Waals surface area (Å²) in [5.41, 5.74) is 3.08. The van der Waals surface area contributed by atoms with Crippen molar-refractivity contribution in [3.05, 3.63) is 54.1 Å². The zero-order valence-corrected chi connectivity index (χ0v) is 23.3. The van der Waals surface area contributed by atoms with Crippen molar-refractivity contribution in [1.29, 1.82) is 0 Å². The summed E-state index contributed by atoms with van der Waals surface area (Å²) in [5.74, 6) is -1.14. The molecular weight excluding hydrogens is 602 g/mol. The van der Waals surface area contributed by atoms with Gasteiger partial charge in [-0.15, -0.1) is 0 Å². The molecule has 0 amide bonds. The summed E-state index contributed by atoms with van der Waals surface area (Å²) >= 11 is 6.22. The van der Waals surface area contributed by atoms with Crippen LogP contribution in [0, 0.1) is 0 Å². The molecule has 5 aromatic rings. The number of hydrogen-bond acceptors (Lipinski definition) is 10. The highest BCUT2D eigenvalue weighted by atomic mass is 35.5. The van der Waals surface area contributed by atoms with Gasteiger partial charge in [-0.3, -0.25) is 13.7 Å². The van der Waals surface area contributed by atoms with Crippen LogP contribution in [0.2, 0.25) is 5.28 Å². The molecule has 3 aromatic heterocycles. The number of benzene rings is 2. The fourth-order valence-corrected chi connectivity index (χ4v) is 7.52. The summed E-state index contributed by atoms with van der Waals surface area (Å²) < 4.78 is 34.8. The van der Waals surface area contributed by atoms with Gasteiger partial charge in [0.15, 0.2) is 29.1 Å². The molecule has 1 aliphatic heterocycles. The number of para-hydroxylation sites is 1. The van der Waals surface area contributed by atoms with E-state index in [0.717, 1.165) is 21.8 Å². The fraction of sp³-hybridized carbons (Fsp3) is 0.261. The minimum Gasteiger partial charge on any atom is -0.387 e. The molecular formula is C23H23ClN6O9P2. The lowest BCUT2D eigenvalue weighted by Gasteiger charge is -2.18. The number of anilines is 2. The first-order valence-corrected chi connectivity index (χ1v) is 16.0. The Bertz CT molecular complexity index is 1880. The first-order chi connectivity index (χ1) is 19.4. The van der Waals surface area contributed by atoms with Crippen LogP contribution in [0.4, 0.5) is 11.5 Å². The molecule has 7 N–H and O–H groups in total. The van der Waals surface area contributed by atoms with Gasteiger partial charge in [-0.05, 0) is 35.9 Å². The van der Waals surface area contributed by atoms with Gasteiger partial charge in [0, 0.05) is 27.5 Å². The Morgan fingerprint density at radius 2 is 1.80 bits per heavy atom. The number of aliphatic hydroxyl groups is 2. The van der Waals surface area contributed by atoms with Gasteiger partial charge in [-0.2, -0.15) is 9.97 Å². The number of aromatic amines is 1. The molecule has 216 valence electrons. The number of imidazole rings is 1. The number of nitrogens with one attached hydrogen (secondary N) is 2. The van der Waals surface area contributed by atoms with Crippen LogP contribution >= 0.6 is 26.8 Å². The van der Waals surface area contributed by atoms with Crippen LogP contribution in [0.1, 0.15) is 6.23 Å². The molecule has 0 spiro atoms. The van der Waals surface area contributed by atoms with E-state index in [2.05, 4.69) is 25.3 Å². The SMILES string of the molecule is O=P(O)(O)CP(=O)(O)OC[C@H]1O[C@@H](n2cnc3c(Nc4ccc5[nH]c6ccccc6c5c4)nc(Cl)nc32)C(O)C1O. The zero-order chi connectivity index (χ0) is 29.1. The molecule has 2 aromatic carbocycles. The average Bonchev–Trinajstić information content (AvgIpc) is 3.55. The molecule has 1 saturated heterocycles. The smallest absolute Gasteiger partial charge is 0.340 e. The normalized spacial score (nSPS) is 23.0. The lowest BCUT2D eigenvalue weighted by atomic mass is 10.1. The van der Waals surface area contributed by atoms with Crippen molar-refractivity contribution < 1.29 is 43.3 Å². The van der Waals surface area contributed by atoms with Crippen molar-refractivity contribution in [3.63, 3.8) is 0 Å². The fourth-order valence-electron chi connectivity index (χ4n) is 4.79. The van der Waals surface area contributed by atoms with Crippen LogP contribution in [0.5, 0.6) is 0 Å². The number of aliphatic hydroxyl groups excluding tert-OH is 2. The number of nitrogens with zero attached hydrogens (tertiary/aromatic N) is 4. The zero-order valence-electron chi connectivity index (χ0n) is 20.8. The highest BCUT2D eigenvalue weighted by Gasteiger charge is 2.45. The third-order valence-corrected chi connectivity index (χ3v) is 10.2. The van der Waals surface area contributed by atoms with Gasteiger partial charge in [0.05, 0.1) is 12.9 Å². The molecule has 3 unspecified atom stereocenters. The quantitative estimate of drug-likeness (QED) is 0.0975. The summed E-state index contributed by atoms with van der Waals surface area (Å²) in [6, 6.07) is 13.6. The summed E-state index contributed by atoms with van der Waals surface area (Å²) in [4.78, 5) is 43.8. The van der Waals surface area contributed by atoms with Crippen molar-refractivity contribution in [1.82, 2.24) is 24.5 Å². The lowest BCUT2D eigenvalue weighted by Crippen LogP contribution is -2.33. The van der Waals surface area contributed by atoms with Crippen LogP contribution in [0.3, 0.4) is 0 Å². The predicted molar refractivity (Wildman–Crippen MR) is 148 cm³/mol. The van der Waals surface area contributed by atoms with E-state index in [-0.39, 0.29) is 22.3 Å². The second kappa shape index (κ2) is 10.4. The van der Waals surface area contributed by atoms with Crippen molar-refractivity contribution in [3.8, 4) is 0 Å². The summed E-state index contributed by atoms with van der Waals surface area (Å²) in [6.45, 7) is -0.728. The Morgan fingerprint density at radius 1 is 1.05 bits per heavy atom. The Hall–Kier alpha value is -2.94. The molecule has 15 nitrogen and oxygen atoms in total. The van der Waals surface area contributed by atoms with Crippen LogP contribution < -0.4 is 5.32 Å². The molecule has 18 heteroatoms. The minimum absolute atomic E-state index is 0.138. The highest BCUT2D eigenvalue weighted by Crippen LogP contribution is 2.55. The summed E-state index contributed by atoms with van der Waals surface area (Å²) in [6.07, 6.45) is -4.40. The molecule has 0 saturated carbocycles. The van der Waals surface area contributed by atoms with E-state index < -0.39 is 52.2 Å². The molecule has 5 atom stereocenters. The van der Waals surface area contributed by atoms with Gasteiger partial charge in [0.1, 0.15) is 18.3 Å². The molecule has 0 aliphatic carbocycles. The summed E-state index contributed by atoms with van der Waals surface area (Å²) in [7, 11) is -9.55. The van der Waals surface area contributed by atoms with Gasteiger partial charge in [0.2, 0.25) is 5.28 Å². The molecule has 0 radical (unpaired) electrons. The average molecular weight is 625 g/mol. The van der Waals surface area contributed by atoms with Gasteiger partial charge < -0.3 is 44.5 Å². The van der Waals surface area contributed by atoms with Crippen molar-refractivity contribution in [2.75, 3.05) is 17.8 Å². The number of hydrogen-bond donors (Lipinski definition) is 7. The van der Waals surface area contributed by atoms with E-state index in [4.69, 9.17) is 30.6 Å². The van der Waals surface area contributed by atoms with Gasteiger partial charge in [-0.25, -0.2) is 4.98 Å². The van der Waals surface area contributed by atoms with Crippen molar-refractivity contribution >= 4 is 71.3 Å². The minimum atomic E-state index is -4.85. The maximum Gasteiger partial charge on any atom is 0.340 e. The van der Waals surface area contributed by atoms with Gasteiger partial charge in [0.25, 0.3) is 0 Å². The van der Waals surface area contributed by atoms with Gasteiger partial charge >= 0.3 is 15.2 Å². The van der Waals surface area contributed by atoms with E-state index >= 15 is 0 Å². The Kier molecular flexibility index (Phi) is 7.15. The second-order valence-corrected chi connectivity index (χ2v) is 13.8. The monoisotopic (exact) mass is 624 g/mol. The number of aromatic nitrogens is 5. The van der Waals surface area contributed by atoms with E-state index in [1.54, 1.807) is 0 Å². The molecule has 1 aliphatic rings. The number of halogens is 1. The largest absolute Gasteiger partial charge is 0.387 e. The maximum atomic E-state index is 12.0. The number of rotatable bonds is 8. The molecule has 4 heterocycles. The van der Waals surface area contributed by atoms with Crippen molar-refractivity contribution in [2.24, 2.45) is 0 Å². The Balaban J connectivity index is 1.26. The Labute approximate surface area is 235 Å². The topological polar surface area (TPSA) is 225 Å². The predicted octanol–water partition coefficient (Wildman–Crippen LogP) is 2.81. The number of H-pyrrole nitrogens is 1. The maximum absolute atomic E-state index is 12.0.